The van der Waals surface area contributed by atoms with E-state index < -0.39 is 0 Å². The van der Waals surface area contributed by atoms with Crippen LogP contribution in [0.5, 0.6) is 0 Å². The maximum absolute atomic E-state index is 6.13. The highest BCUT2D eigenvalue weighted by Crippen LogP contribution is 2.29. The Labute approximate surface area is 127 Å². The van der Waals surface area contributed by atoms with Crippen molar-refractivity contribution in [1.29, 1.82) is 0 Å². The molecule has 0 amide bonds. The summed E-state index contributed by atoms with van der Waals surface area (Å²) in [5, 5.41) is 4.15. The molecular weight excluding hydrogens is 272 g/mol. The topological polar surface area (TPSA) is 24.5 Å². The summed E-state index contributed by atoms with van der Waals surface area (Å²) in [5.74, 6) is 0.829. The molecule has 0 saturated heterocycles. The molecule has 0 aliphatic heterocycles. The molecule has 1 aliphatic carbocycles. The molecule has 1 fully saturated rings. The number of anilines is 1. The summed E-state index contributed by atoms with van der Waals surface area (Å²) >= 11 is 6.13. The zero-order chi connectivity index (χ0) is 14.4. The molecular formula is C16H25ClN2O. The van der Waals surface area contributed by atoms with Gasteiger partial charge in [0, 0.05) is 37.5 Å². The number of nitrogens with zero attached hydrogens (tertiary/aromatic N) is 1. The first-order chi connectivity index (χ1) is 9.70. The van der Waals surface area contributed by atoms with Gasteiger partial charge in [0.2, 0.25) is 0 Å². The summed E-state index contributed by atoms with van der Waals surface area (Å²) in [5.41, 5.74) is 2.47. The predicted molar refractivity (Wildman–Crippen MR) is 85.6 cm³/mol. The Kier molecular flexibility index (Phi) is 6.14. The Hall–Kier alpha value is -0.770. The standard InChI is InChI=1S/C16H25ClN2O/c1-3-18-11-14-6-7-15(17)10-16(14)19(2)8-9-20-12-13-4-5-13/h6-7,10,13,18H,3-5,8-9,11-12H2,1-2H3. The highest BCUT2D eigenvalue weighted by atomic mass is 35.5. The fourth-order valence-corrected chi connectivity index (χ4v) is 2.32. The van der Waals surface area contributed by atoms with E-state index in [4.69, 9.17) is 16.3 Å². The summed E-state index contributed by atoms with van der Waals surface area (Å²) < 4.78 is 5.71. The molecule has 112 valence electrons. The van der Waals surface area contributed by atoms with Crippen molar-refractivity contribution >= 4 is 17.3 Å². The fourth-order valence-electron chi connectivity index (χ4n) is 2.16. The van der Waals surface area contributed by atoms with Crippen molar-refractivity contribution in [2.45, 2.75) is 26.3 Å². The van der Waals surface area contributed by atoms with Gasteiger partial charge in [0.05, 0.1) is 6.61 Å². The Bertz CT molecular complexity index is 421. The van der Waals surface area contributed by atoms with Gasteiger partial charge in [0.25, 0.3) is 0 Å². The minimum Gasteiger partial charge on any atom is -0.379 e. The van der Waals surface area contributed by atoms with Crippen LogP contribution in [-0.2, 0) is 11.3 Å². The van der Waals surface area contributed by atoms with Crippen LogP contribution in [-0.4, -0.2) is 33.4 Å². The van der Waals surface area contributed by atoms with Crippen molar-refractivity contribution in [3.63, 3.8) is 0 Å². The first-order valence-corrected chi connectivity index (χ1v) is 7.86. The molecule has 20 heavy (non-hydrogen) atoms. The van der Waals surface area contributed by atoms with Gasteiger partial charge in [-0.3, -0.25) is 0 Å². The quantitative estimate of drug-likeness (QED) is 0.708. The Balaban J connectivity index is 1.87. The van der Waals surface area contributed by atoms with Gasteiger partial charge in [0.1, 0.15) is 0 Å². The molecule has 0 radical (unpaired) electrons. The molecule has 0 aromatic heterocycles. The van der Waals surface area contributed by atoms with E-state index in [9.17, 15) is 0 Å². The summed E-state index contributed by atoms with van der Waals surface area (Å²) in [4.78, 5) is 2.23. The average molecular weight is 297 g/mol. The van der Waals surface area contributed by atoms with Crippen LogP contribution in [0, 0.1) is 5.92 Å². The largest absolute Gasteiger partial charge is 0.379 e. The number of ether oxygens (including phenoxy) is 1. The van der Waals surface area contributed by atoms with E-state index >= 15 is 0 Å². The SMILES string of the molecule is CCNCc1ccc(Cl)cc1N(C)CCOCC1CC1. The van der Waals surface area contributed by atoms with Crippen molar-refractivity contribution < 1.29 is 4.74 Å². The van der Waals surface area contributed by atoms with Gasteiger partial charge in [-0.2, -0.15) is 0 Å². The van der Waals surface area contributed by atoms with Crippen molar-refractivity contribution in [1.82, 2.24) is 5.32 Å². The molecule has 1 saturated carbocycles. The monoisotopic (exact) mass is 296 g/mol. The number of nitrogens with one attached hydrogen (secondary N) is 1. The molecule has 1 N–H and O–H groups in total. The highest BCUT2D eigenvalue weighted by molar-refractivity contribution is 6.30. The molecule has 0 heterocycles. The summed E-state index contributed by atoms with van der Waals surface area (Å²) in [6.07, 6.45) is 2.69. The van der Waals surface area contributed by atoms with Gasteiger partial charge in [0.15, 0.2) is 0 Å². The van der Waals surface area contributed by atoms with Gasteiger partial charge in [-0.25, -0.2) is 0 Å². The number of hydrogen-bond donors (Lipinski definition) is 1. The lowest BCUT2D eigenvalue weighted by Crippen LogP contribution is -2.25. The van der Waals surface area contributed by atoms with Crippen LogP contribution in [0.1, 0.15) is 25.3 Å². The maximum Gasteiger partial charge on any atom is 0.0641 e. The minimum atomic E-state index is 0.778. The Morgan fingerprint density at radius 1 is 1.40 bits per heavy atom. The second-order valence-corrected chi connectivity index (χ2v) is 5.93. The lowest BCUT2D eigenvalue weighted by atomic mass is 10.1. The smallest absolute Gasteiger partial charge is 0.0641 e. The molecule has 1 aromatic rings. The molecule has 2 rings (SSSR count). The first-order valence-electron chi connectivity index (χ1n) is 7.48. The van der Waals surface area contributed by atoms with Gasteiger partial charge >= 0.3 is 0 Å². The molecule has 0 spiro atoms. The van der Waals surface area contributed by atoms with Crippen LogP contribution < -0.4 is 10.2 Å². The van der Waals surface area contributed by atoms with Crippen molar-refractivity contribution in [3.05, 3.63) is 28.8 Å². The van der Waals surface area contributed by atoms with E-state index in [1.165, 1.54) is 24.1 Å². The van der Waals surface area contributed by atoms with E-state index in [1.807, 2.05) is 12.1 Å². The Morgan fingerprint density at radius 2 is 2.20 bits per heavy atom. The van der Waals surface area contributed by atoms with Crippen LogP contribution in [0.3, 0.4) is 0 Å². The molecule has 3 nitrogen and oxygen atoms in total. The van der Waals surface area contributed by atoms with Crippen LogP contribution in [0.15, 0.2) is 18.2 Å². The Morgan fingerprint density at radius 3 is 2.90 bits per heavy atom. The van der Waals surface area contributed by atoms with Crippen LogP contribution in [0.2, 0.25) is 5.02 Å². The van der Waals surface area contributed by atoms with Crippen molar-refractivity contribution in [2.24, 2.45) is 5.92 Å². The number of hydrogen-bond acceptors (Lipinski definition) is 3. The van der Waals surface area contributed by atoms with Crippen molar-refractivity contribution in [2.75, 3.05) is 38.3 Å². The molecule has 1 aromatic carbocycles. The third-order valence-electron chi connectivity index (χ3n) is 3.65. The fraction of sp³-hybridized carbons (Fsp3) is 0.625. The minimum absolute atomic E-state index is 0.778. The van der Waals surface area contributed by atoms with E-state index in [-0.39, 0.29) is 0 Å². The molecule has 4 heteroatoms. The van der Waals surface area contributed by atoms with Gasteiger partial charge in [-0.1, -0.05) is 24.6 Å². The van der Waals surface area contributed by atoms with Gasteiger partial charge < -0.3 is 15.0 Å². The molecule has 0 unspecified atom stereocenters. The third-order valence-corrected chi connectivity index (χ3v) is 3.88. The van der Waals surface area contributed by atoms with E-state index in [2.05, 4.69) is 30.3 Å². The van der Waals surface area contributed by atoms with E-state index in [0.717, 1.165) is 43.8 Å². The highest BCUT2D eigenvalue weighted by Gasteiger charge is 2.21. The van der Waals surface area contributed by atoms with Gasteiger partial charge in [-0.05, 0) is 43.0 Å². The zero-order valence-corrected chi connectivity index (χ0v) is 13.2. The number of benzene rings is 1. The maximum atomic E-state index is 6.13. The second-order valence-electron chi connectivity index (χ2n) is 5.49. The molecule has 0 bridgehead atoms. The number of halogens is 1. The first kappa shape index (κ1) is 15.6. The second kappa shape index (κ2) is 7.87. The van der Waals surface area contributed by atoms with Gasteiger partial charge in [-0.15, -0.1) is 0 Å². The van der Waals surface area contributed by atoms with Crippen LogP contribution in [0.4, 0.5) is 5.69 Å². The van der Waals surface area contributed by atoms with Crippen LogP contribution in [0.25, 0.3) is 0 Å². The van der Waals surface area contributed by atoms with E-state index in [0.29, 0.717) is 0 Å². The lowest BCUT2D eigenvalue weighted by Gasteiger charge is -2.23. The zero-order valence-electron chi connectivity index (χ0n) is 12.5. The normalized spacial score (nSPS) is 14.6. The predicted octanol–water partition coefficient (Wildman–Crippen LogP) is 3.31. The summed E-state index contributed by atoms with van der Waals surface area (Å²) in [6.45, 7) is 6.55. The van der Waals surface area contributed by atoms with Crippen molar-refractivity contribution in [3.8, 4) is 0 Å². The summed E-state index contributed by atoms with van der Waals surface area (Å²) in [7, 11) is 2.10. The average Bonchev–Trinajstić information content (AvgIpc) is 3.26. The number of rotatable bonds is 9. The summed E-state index contributed by atoms with van der Waals surface area (Å²) in [6, 6.07) is 6.09. The molecule has 1 aliphatic rings. The van der Waals surface area contributed by atoms with Crippen LogP contribution >= 0.6 is 11.6 Å². The third kappa shape index (κ3) is 4.97. The van der Waals surface area contributed by atoms with E-state index in [1.54, 1.807) is 0 Å². The molecule has 0 atom stereocenters. The number of likely N-dealkylation sites (N-methyl/N-ethyl adjacent to an activating group) is 1. The lowest BCUT2D eigenvalue weighted by molar-refractivity contribution is 0.131.